The van der Waals surface area contributed by atoms with Gasteiger partial charge in [0.25, 0.3) is 0 Å². The van der Waals surface area contributed by atoms with Gasteiger partial charge < -0.3 is 4.90 Å². The zero-order valence-corrected chi connectivity index (χ0v) is 22.4. The van der Waals surface area contributed by atoms with Gasteiger partial charge in [0.05, 0.1) is 22.7 Å². The zero-order valence-electron chi connectivity index (χ0n) is 22.4. The van der Waals surface area contributed by atoms with Crippen molar-refractivity contribution >= 4 is 17.4 Å². The Bertz CT molecular complexity index is 996. The minimum Gasteiger partial charge on any atom is -0.304 e. The van der Waals surface area contributed by atoms with Gasteiger partial charge in [-0.3, -0.25) is 19.6 Å². The molecule has 2 saturated heterocycles. The average molecular weight is 489 g/mol. The van der Waals surface area contributed by atoms with E-state index >= 15 is 0 Å². The maximum absolute atomic E-state index is 14.7. The highest BCUT2D eigenvalue weighted by Gasteiger charge is 2.61. The fourth-order valence-electron chi connectivity index (χ4n) is 9.58. The number of likely N-dealkylation sites (N-methyl/N-ethyl adjacent to an activating group) is 1. The molecule has 194 valence electrons. The average Bonchev–Trinajstić information content (AvgIpc) is 3.06. The molecule has 1 aromatic rings. The first-order valence-electron chi connectivity index (χ1n) is 14.9. The van der Waals surface area contributed by atoms with Crippen LogP contribution in [0.5, 0.6) is 0 Å². The lowest BCUT2D eigenvalue weighted by Gasteiger charge is -2.55. The summed E-state index contributed by atoms with van der Waals surface area (Å²) in [7, 11) is 2.23. The number of anilines is 1. The minimum atomic E-state index is -0.305. The van der Waals surface area contributed by atoms with Crippen LogP contribution in [0.2, 0.25) is 0 Å². The number of hydrogen-bond acceptors (Lipinski definition) is 4. The Balaban J connectivity index is 1.37. The second-order valence-corrected chi connectivity index (χ2v) is 13.5. The van der Waals surface area contributed by atoms with Crippen LogP contribution in [0.25, 0.3) is 0 Å². The van der Waals surface area contributed by atoms with E-state index in [0.717, 1.165) is 68.3 Å². The third-order valence-corrected chi connectivity index (χ3v) is 10.9. The zero-order chi connectivity index (χ0) is 24.5. The predicted octanol–water partition coefficient (Wildman–Crippen LogP) is 5.28. The number of piperazine rings is 1. The Kier molecular flexibility index (Phi) is 5.63. The molecule has 1 amide bonds. The van der Waals surface area contributed by atoms with Gasteiger partial charge in [-0.15, -0.1) is 0 Å². The van der Waals surface area contributed by atoms with Crippen molar-refractivity contribution in [1.29, 1.82) is 0 Å². The molecule has 0 aromatic heterocycles. The Morgan fingerprint density at radius 3 is 2.00 bits per heavy atom. The Hall–Kier alpha value is -1.72. The van der Waals surface area contributed by atoms with Crippen LogP contribution < -0.4 is 4.90 Å². The maximum Gasteiger partial charge on any atom is 0.240 e. The van der Waals surface area contributed by atoms with Crippen molar-refractivity contribution < 1.29 is 4.79 Å². The van der Waals surface area contributed by atoms with Gasteiger partial charge in [0.1, 0.15) is 5.84 Å². The molecular formula is C31H44N4O. The van der Waals surface area contributed by atoms with Crippen molar-refractivity contribution in [2.45, 2.75) is 89.1 Å². The highest BCUT2D eigenvalue weighted by atomic mass is 16.2. The summed E-state index contributed by atoms with van der Waals surface area (Å²) < 4.78 is 0. The van der Waals surface area contributed by atoms with E-state index in [9.17, 15) is 4.79 Å². The van der Waals surface area contributed by atoms with Crippen molar-refractivity contribution in [1.82, 2.24) is 9.80 Å². The van der Waals surface area contributed by atoms with E-state index in [1.54, 1.807) is 0 Å². The number of benzene rings is 1. The van der Waals surface area contributed by atoms with Crippen LogP contribution in [0.4, 0.5) is 5.69 Å². The number of aliphatic imine (C=N–C) groups is 1. The number of hydrogen-bond donors (Lipinski definition) is 0. The Morgan fingerprint density at radius 2 is 1.42 bits per heavy atom. The lowest BCUT2D eigenvalue weighted by Crippen LogP contribution is -2.58. The molecule has 8 rings (SSSR count). The van der Waals surface area contributed by atoms with Crippen LogP contribution in [0.1, 0.15) is 76.2 Å². The van der Waals surface area contributed by atoms with Gasteiger partial charge in [-0.2, -0.15) is 0 Å². The Labute approximate surface area is 217 Å². The van der Waals surface area contributed by atoms with Crippen molar-refractivity contribution in [3.8, 4) is 0 Å². The molecule has 0 N–H and O–H groups in total. The van der Waals surface area contributed by atoms with Crippen LogP contribution in [-0.2, 0) is 4.79 Å². The van der Waals surface area contributed by atoms with Gasteiger partial charge in [0.15, 0.2) is 0 Å². The molecular weight excluding hydrogens is 444 g/mol. The summed E-state index contributed by atoms with van der Waals surface area (Å²) in [5, 5.41) is 0. The minimum absolute atomic E-state index is 0.0678. The molecule has 5 nitrogen and oxygen atoms in total. The first-order chi connectivity index (χ1) is 17.4. The molecule has 5 aliphatic carbocycles. The summed E-state index contributed by atoms with van der Waals surface area (Å²) in [4.78, 5) is 27.8. The van der Waals surface area contributed by atoms with Gasteiger partial charge in [0.2, 0.25) is 5.91 Å². The lowest BCUT2D eigenvalue weighted by atomic mass is 9.53. The summed E-state index contributed by atoms with van der Waals surface area (Å²) in [6.07, 6.45) is 13.7. The Morgan fingerprint density at radius 1 is 0.833 bits per heavy atom. The first-order valence-corrected chi connectivity index (χ1v) is 14.9. The summed E-state index contributed by atoms with van der Waals surface area (Å²) in [5.41, 5.74) is 2.04. The predicted molar refractivity (Wildman–Crippen MR) is 145 cm³/mol. The van der Waals surface area contributed by atoms with E-state index in [1.165, 1.54) is 63.4 Å². The van der Waals surface area contributed by atoms with E-state index < -0.39 is 0 Å². The van der Waals surface area contributed by atoms with E-state index in [-0.39, 0.29) is 17.0 Å². The molecule has 1 aromatic carbocycles. The van der Waals surface area contributed by atoms with Crippen LogP contribution in [-0.4, -0.2) is 66.4 Å². The summed E-state index contributed by atoms with van der Waals surface area (Å²) >= 11 is 0. The quantitative estimate of drug-likeness (QED) is 0.581. The molecule has 7 fully saturated rings. The van der Waals surface area contributed by atoms with Crippen molar-refractivity contribution in [2.24, 2.45) is 28.2 Å². The summed E-state index contributed by atoms with van der Waals surface area (Å²) in [5.74, 6) is 4.04. The van der Waals surface area contributed by atoms with Gasteiger partial charge in [-0.25, -0.2) is 0 Å². The van der Waals surface area contributed by atoms with E-state index in [1.807, 2.05) is 0 Å². The van der Waals surface area contributed by atoms with Crippen LogP contribution in [0, 0.1) is 30.1 Å². The van der Waals surface area contributed by atoms with Crippen LogP contribution in [0.15, 0.2) is 29.3 Å². The van der Waals surface area contributed by atoms with Gasteiger partial charge in [-0.05, 0) is 95.2 Å². The molecule has 5 heteroatoms. The number of carbonyl (C=O) groups is 1. The molecule has 4 bridgehead atoms. The number of carbonyl (C=O) groups excluding carboxylic acids is 1. The topological polar surface area (TPSA) is 39.2 Å². The largest absolute Gasteiger partial charge is 0.304 e. The number of amides is 1. The highest BCUT2D eigenvalue weighted by Crippen LogP contribution is 2.58. The second kappa shape index (κ2) is 8.66. The molecule has 7 aliphatic rings. The molecule has 1 spiro atoms. The van der Waals surface area contributed by atoms with Gasteiger partial charge >= 0.3 is 0 Å². The van der Waals surface area contributed by atoms with Gasteiger partial charge in [-0.1, -0.05) is 37.0 Å². The van der Waals surface area contributed by atoms with Crippen molar-refractivity contribution in [3.63, 3.8) is 0 Å². The molecule has 2 heterocycles. The third kappa shape index (κ3) is 3.71. The van der Waals surface area contributed by atoms with E-state index in [2.05, 4.69) is 52.9 Å². The SMILES string of the molecule is Cc1ccc(N2C(=O)C3(CCCCC3)[C@@H](N3CCN(C)CC3)C2=NC23CC4CC(CC(C4)C2)C3)cc1. The first kappa shape index (κ1) is 23.4. The molecule has 5 saturated carbocycles. The summed E-state index contributed by atoms with van der Waals surface area (Å²) in [6, 6.07) is 8.81. The third-order valence-electron chi connectivity index (χ3n) is 10.9. The number of nitrogens with zero attached hydrogens (tertiary/aromatic N) is 4. The normalized spacial score (nSPS) is 39.6. The second-order valence-electron chi connectivity index (χ2n) is 13.5. The lowest BCUT2D eigenvalue weighted by molar-refractivity contribution is -0.130. The smallest absolute Gasteiger partial charge is 0.240 e. The highest BCUT2D eigenvalue weighted by molar-refractivity contribution is 6.27. The molecule has 36 heavy (non-hydrogen) atoms. The van der Waals surface area contributed by atoms with Crippen LogP contribution >= 0.6 is 0 Å². The fraction of sp³-hybridized carbons (Fsp3) is 0.742. The standard InChI is InChI=1S/C31H44N4O/c1-22-6-8-26(9-7-22)35-28(32-30-19-23-16-24(20-30)18-25(17-23)21-30)27(34-14-12-33(2)13-15-34)31(29(35)36)10-4-3-5-11-31/h6-9,23-25,27H,3-5,10-21H2,1-2H3/t23?,24?,25?,27-,30?/m0/s1. The van der Waals surface area contributed by atoms with Gasteiger partial charge in [0, 0.05) is 26.2 Å². The molecule has 2 aliphatic heterocycles. The van der Waals surface area contributed by atoms with Crippen LogP contribution in [0.3, 0.4) is 0 Å². The van der Waals surface area contributed by atoms with E-state index in [4.69, 9.17) is 4.99 Å². The number of rotatable bonds is 3. The maximum atomic E-state index is 14.7. The molecule has 0 radical (unpaired) electrons. The summed E-state index contributed by atoms with van der Waals surface area (Å²) in [6.45, 7) is 6.37. The number of aryl methyl sites for hydroxylation is 1. The van der Waals surface area contributed by atoms with Crippen molar-refractivity contribution in [3.05, 3.63) is 29.8 Å². The number of amidine groups is 1. The fourth-order valence-corrected chi connectivity index (χ4v) is 9.58. The monoisotopic (exact) mass is 488 g/mol. The van der Waals surface area contributed by atoms with Crippen molar-refractivity contribution in [2.75, 3.05) is 38.1 Å². The molecule has 0 unspecified atom stereocenters. The molecule has 1 atom stereocenters. The van der Waals surface area contributed by atoms with E-state index in [0.29, 0.717) is 5.91 Å².